The molecule has 4 heteroatoms. The summed E-state index contributed by atoms with van der Waals surface area (Å²) < 4.78 is 0. The van der Waals surface area contributed by atoms with E-state index in [0.717, 1.165) is 22.3 Å². The zero-order valence-electron chi connectivity index (χ0n) is 18.4. The van der Waals surface area contributed by atoms with E-state index < -0.39 is 0 Å². The molecule has 0 heterocycles. The van der Waals surface area contributed by atoms with Crippen LogP contribution in [-0.4, -0.2) is 35.4 Å². The number of thioether (sulfide) groups is 1. The van der Waals surface area contributed by atoms with Crippen LogP contribution in [-0.2, 0) is 9.59 Å². The summed E-state index contributed by atoms with van der Waals surface area (Å²) in [6.45, 7) is 6.23. The highest BCUT2D eigenvalue weighted by Gasteiger charge is 2.39. The summed E-state index contributed by atoms with van der Waals surface area (Å²) in [5.41, 5.74) is 3.63. The van der Waals surface area contributed by atoms with Crippen molar-refractivity contribution in [2.75, 3.05) is 12.8 Å². The Morgan fingerprint density at radius 1 is 0.968 bits per heavy atom. The lowest BCUT2D eigenvalue weighted by molar-refractivity contribution is -0.130. The fourth-order valence-corrected chi connectivity index (χ4v) is 4.50. The third-order valence-corrected chi connectivity index (χ3v) is 6.04. The van der Waals surface area contributed by atoms with Gasteiger partial charge >= 0.3 is 0 Å². The van der Waals surface area contributed by atoms with Gasteiger partial charge in [-0.15, -0.1) is 23.6 Å². The van der Waals surface area contributed by atoms with Gasteiger partial charge in [-0.1, -0.05) is 60.7 Å². The quantitative estimate of drug-likeness (QED) is 0.434. The zero-order chi connectivity index (χ0) is 22.4. The Bertz CT molecular complexity index is 1090. The van der Waals surface area contributed by atoms with Crippen LogP contribution in [0, 0.1) is 11.8 Å². The van der Waals surface area contributed by atoms with E-state index in [2.05, 4.69) is 11.8 Å². The molecule has 0 aliphatic heterocycles. The van der Waals surface area contributed by atoms with Crippen molar-refractivity contribution >= 4 is 34.6 Å². The maximum absolute atomic E-state index is 13.8. The molecule has 0 unspecified atom stereocenters. The highest BCUT2D eigenvalue weighted by Crippen LogP contribution is 2.46. The third kappa shape index (κ3) is 4.68. The Kier molecular flexibility index (Phi) is 7.55. The van der Waals surface area contributed by atoms with Gasteiger partial charge < -0.3 is 4.90 Å². The second-order valence-corrected chi connectivity index (χ2v) is 8.30. The Balaban J connectivity index is 2.22. The van der Waals surface area contributed by atoms with E-state index in [4.69, 9.17) is 0 Å². The molecular formula is C27H27NO2S. The predicted molar refractivity (Wildman–Crippen MR) is 130 cm³/mol. The van der Waals surface area contributed by atoms with E-state index in [0.29, 0.717) is 17.9 Å². The van der Waals surface area contributed by atoms with Crippen molar-refractivity contribution in [3.8, 4) is 11.8 Å². The van der Waals surface area contributed by atoms with Crippen molar-refractivity contribution in [3.63, 3.8) is 0 Å². The summed E-state index contributed by atoms with van der Waals surface area (Å²) in [5.74, 6) is 5.49. The molecule has 0 saturated heterocycles. The average Bonchev–Trinajstić information content (AvgIpc) is 3.09. The van der Waals surface area contributed by atoms with Crippen molar-refractivity contribution in [2.24, 2.45) is 0 Å². The minimum absolute atomic E-state index is 0.0398. The van der Waals surface area contributed by atoms with E-state index in [1.807, 2.05) is 80.8 Å². The average molecular weight is 430 g/mol. The molecule has 3 rings (SSSR count). The molecule has 2 aromatic carbocycles. The van der Waals surface area contributed by atoms with Gasteiger partial charge in [0.1, 0.15) is 0 Å². The molecule has 1 aliphatic carbocycles. The number of hydrogen-bond donors (Lipinski definition) is 0. The molecule has 0 saturated carbocycles. The first kappa shape index (κ1) is 22.7. The second-order valence-electron chi connectivity index (χ2n) is 7.49. The number of rotatable bonds is 7. The van der Waals surface area contributed by atoms with E-state index in [1.54, 1.807) is 11.8 Å². The van der Waals surface area contributed by atoms with Crippen LogP contribution < -0.4 is 0 Å². The number of hydrogen-bond acceptors (Lipinski definition) is 3. The topological polar surface area (TPSA) is 37.4 Å². The molecule has 0 fully saturated rings. The monoisotopic (exact) mass is 429 g/mol. The Morgan fingerprint density at radius 2 is 1.52 bits per heavy atom. The summed E-state index contributed by atoms with van der Waals surface area (Å²) in [5, 5.41) is 0. The summed E-state index contributed by atoms with van der Waals surface area (Å²) in [6, 6.07) is 19.5. The lowest BCUT2D eigenvalue weighted by atomic mass is 9.92. The number of carbonyl (C=O) groups excluding carboxylic acids is 2. The second kappa shape index (κ2) is 10.3. The van der Waals surface area contributed by atoms with Crippen LogP contribution in [0.2, 0.25) is 0 Å². The number of amides is 1. The lowest BCUT2D eigenvalue weighted by Crippen LogP contribution is -2.40. The van der Waals surface area contributed by atoms with Gasteiger partial charge in [-0.25, -0.2) is 0 Å². The van der Waals surface area contributed by atoms with Crippen LogP contribution in [0.1, 0.15) is 38.3 Å². The SMILES string of the molecule is CC#CCCN(C(=O)C1=C(c2ccccc2)C(c2ccccc2)=C(SC)C1=O)C(C)C. The molecule has 1 amide bonds. The molecule has 158 valence electrons. The molecular weight excluding hydrogens is 402 g/mol. The van der Waals surface area contributed by atoms with Gasteiger partial charge in [-0.3, -0.25) is 9.59 Å². The van der Waals surface area contributed by atoms with Crippen molar-refractivity contribution in [1.29, 1.82) is 0 Å². The van der Waals surface area contributed by atoms with Gasteiger partial charge in [0, 0.05) is 30.2 Å². The predicted octanol–water partition coefficient (Wildman–Crippen LogP) is 5.45. The maximum Gasteiger partial charge on any atom is 0.258 e. The molecule has 0 atom stereocenters. The molecule has 0 N–H and O–H groups in total. The number of ketones is 1. The molecule has 3 nitrogen and oxygen atoms in total. The Hall–Kier alpha value is -3.03. The fraction of sp³-hybridized carbons (Fsp3) is 0.259. The maximum atomic E-state index is 13.8. The minimum atomic E-state index is -0.228. The summed E-state index contributed by atoms with van der Waals surface area (Å²) in [6.07, 6.45) is 2.47. The first-order chi connectivity index (χ1) is 15.0. The van der Waals surface area contributed by atoms with Crippen LogP contribution in [0.15, 0.2) is 71.1 Å². The summed E-state index contributed by atoms with van der Waals surface area (Å²) in [4.78, 5) is 29.7. The molecule has 0 spiro atoms. The van der Waals surface area contributed by atoms with Gasteiger partial charge in [0.25, 0.3) is 5.91 Å². The van der Waals surface area contributed by atoms with E-state index in [9.17, 15) is 9.59 Å². The van der Waals surface area contributed by atoms with Crippen LogP contribution in [0.4, 0.5) is 0 Å². The number of benzene rings is 2. The van der Waals surface area contributed by atoms with Crippen molar-refractivity contribution < 1.29 is 9.59 Å². The van der Waals surface area contributed by atoms with Crippen LogP contribution in [0.25, 0.3) is 11.1 Å². The fourth-order valence-electron chi connectivity index (χ4n) is 3.79. The van der Waals surface area contributed by atoms with Crippen molar-refractivity contribution in [2.45, 2.75) is 33.2 Å². The van der Waals surface area contributed by atoms with Crippen molar-refractivity contribution in [3.05, 3.63) is 82.3 Å². The first-order valence-electron chi connectivity index (χ1n) is 10.4. The van der Waals surface area contributed by atoms with Crippen LogP contribution >= 0.6 is 11.8 Å². The largest absolute Gasteiger partial charge is 0.335 e. The number of allylic oxidation sites excluding steroid dienone is 3. The van der Waals surface area contributed by atoms with Gasteiger partial charge in [-0.2, -0.15) is 0 Å². The van der Waals surface area contributed by atoms with Crippen LogP contribution in [0.5, 0.6) is 0 Å². The number of nitrogens with zero attached hydrogens (tertiary/aromatic N) is 1. The van der Waals surface area contributed by atoms with Gasteiger partial charge in [0.2, 0.25) is 5.78 Å². The Labute approximate surface area is 189 Å². The van der Waals surface area contributed by atoms with E-state index in [1.165, 1.54) is 11.8 Å². The number of Topliss-reactive ketones (excluding diaryl/α,β-unsaturated/α-hetero) is 1. The summed E-state index contributed by atoms with van der Waals surface area (Å²) >= 11 is 1.40. The molecule has 2 aromatic rings. The smallest absolute Gasteiger partial charge is 0.258 e. The molecule has 0 aromatic heterocycles. The Morgan fingerprint density at radius 3 is 2.00 bits per heavy atom. The molecule has 31 heavy (non-hydrogen) atoms. The van der Waals surface area contributed by atoms with Crippen molar-refractivity contribution in [1.82, 2.24) is 4.90 Å². The third-order valence-electron chi connectivity index (χ3n) is 5.24. The van der Waals surface area contributed by atoms with Crippen LogP contribution in [0.3, 0.4) is 0 Å². The lowest BCUT2D eigenvalue weighted by Gasteiger charge is -2.27. The highest BCUT2D eigenvalue weighted by molar-refractivity contribution is 8.03. The standard InChI is InChI=1S/C27H27NO2S/c1-5-6-13-18-28(19(2)3)27(30)24-22(20-14-9-7-10-15-20)23(26(31-4)25(24)29)21-16-11-8-12-17-21/h7-12,14-17,19H,13,18H2,1-4H3. The van der Waals surface area contributed by atoms with E-state index in [-0.39, 0.29) is 23.3 Å². The van der Waals surface area contributed by atoms with Gasteiger partial charge in [0.05, 0.1) is 10.5 Å². The summed E-state index contributed by atoms with van der Waals surface area (Å²) in [7, 11) is 0. The van der Waals surface area contributed by atoms with E-state index >= 15 is 0 Å². The zero-order valence-corrected chi connectivity index (χ0v) is 19.3. The van der Waals surface area contributed by atoms with Gasteiger partial charge in [-0.05, 0) is 38.2 Å². The molecule has 1 aliphatic rings. The normalized spacial score (nSPS) is 13.5. The van der Waals surface area contributed by atoms with Gasteiger partial charge in [0.15, 0.2) is 0 Å². The minimum Gasteiger partial charge on any atom is -0.335 e. The highest BCUT2D eigenvalue weighted by atomic mass is 32.2. The molecule has 0 bridgehead atoms. The molecule has 0 radical (unpaired) electrons. The number of carbonyl (C=O) groups is 2. The first-order valence-corrected chi connectivity index (χ1v) is 11.6.